The predicted octanol–water partition coefficient (Wildman–Crippen LogP) is 2.08. The Kier molecular flexibility index (Phi) is 5.41. The van der Waals surface area contributed by atoms with Crippen LogP contribution in [0, 0.1) is 0 Å². The minimum Gasteiger partial charge on any atom is -0.320 e. The van der Waals surface area contributed by atoms with Gasteiger partial charge in [-0.3, -0.25) is 9.59 Å². The number of nitrogens with zero attached hydrogens (tertiary/aromatic N) is 1. The van der Waals surface area contributed by atoms with E-state index in [-0.39, 0.29) is 16.5 Å². The fourth-order valence-electron chi connectivity index (χ4n) is 3.08. The summed E-state index contributed by atoms with van der Waals surface area (Å²) in [4.78, 5) is 24.9. The van der Waals surface area contributed by atoms with E-state index >= 15 is 0 Å². The first-order chi connectivity index (χ1) is 12.9. The van der Waals surface area contributed by atoms with Gasteiger partial charge in [-0.05, 0) is 18.2 Å². The van der Waals surface area contributed by atoms with Gasteiger partial charge in [0.15, 0.2) is 17.6 Å². The molecule has 2 aromatic carbocycles. The Morgan fingerprint density at radius 3 is 2.07 bits per heavy atom. The molecule has 0 saturated heterocycles. The van der Waals surface area contributed by atoms with Crippen molar-refractivity contribution in [1.29, 1.82) is 0 Å². The number of fused-ring (bicyclic) bond motifs is 1. The van der Waals surface area contributed by atoms with Crippen LogP contribution in [-0.2, 0) is 10.0 Å². The largest absolute Gasteiger partial charge is 0.320 e. The van der Waals surface area contributed by atoms with E-state index in [4.69, 9.17) is 0 Å². The normalized spacial score (nSPS) is 14.6. The Hall–Kier alpha value is -2.55. The zero-order valence-electron chi connectivity index (χ0n) is 15.1. The number of hydrogen-bond acceptors (Lipinski definition) is 6. The van der Waals surface area contributed by atoms with Crippen molar-refractivity contribution in [2.24, 2.45) is 0 Å². The summed E-state index contributed by atoms with van der Waals surface area (Å²) in [6, 6.07) is 11.9. The summed E-state index contributed by atoms with van der Waals surface area (Å²) in [6.07, 6.45) is 0. The van der Waals surface area contributed by atoms with Crippen molar-refractivity contribution in [2.75, 3.05) is 18.5 Å². The Morgan fingerprint density at radius 1 is 0.926 bits per heavy atom. The van der Waals surface area contributed by atoms with Gasteiger partial charge in [0.25, 0.3) is 0 Å². The van der Waals surface area contributed by atoms with E-state index in [9.17, 15) is 18.0 Å². The Balaban J connectivity index is 1.77. The minimum absolute atomic E-state index is 0.144. The molecule has 0 amide bonds. The standard InChI is InChI=1S/C19H21N3O4S/c1-3-22(4-2)27(25,26)14-9-7-8-13(12-14)20-21-17-18(23)15-10-5-6-11-16(15)19(17)24/h5-12,17,20-21H,3-4H2,1-2H3. The molecule has 7 nitrogen and oxygen atoms in total. The molecule has 0 aromatic heterocycles. The summed E-state index contributed by atoms with van der Waals surface area (Å²) in [7, 11) is -3.59. The molecule has 1 aliphatic carbocycles. The molecule has 27 heavy (non-hydrogen) atoms. The zero-order chi connectivity index (χ0) is 19.6. The zero-order valence-corrected chi connectivity index (χ0v) is 15.9. The summed E-state index contributed by atoms with van der Waals surface area (Å²) in [5, 5.41) is 0. The van der Waals surface area contributed by atoms with Crippen LogP contribution in [0.25, 0.3) is 0 Å². The van der Waals surface area contributed by atoms with E-state index in [0.29, 0.717) is 29.9 Å². The lowest BCUT2D eigenvalue weighted by atomic mass is 10.1. The number of sulfonamides is 1. The van der Waals surface area contributed by atoms with Gasteiger partial charge in [-0.15, -0.1) is 0 Å². The molecule has 2 aromatic rings. The third-order valence-electron chi connectivity index (χ3n) is 4.52. The lowest BCUT2D eigenvalue weighted by Gasteiger charge is -2.19. The second-order valence-corrected chi connectivity index (χ2v) is 8.03. The maximum absolute atomic E-state index is 12.6. The van der Waals surface area contributed by atoms with Gasteiger partial charge in [-0.2, -0.15) is 4.31 Å². The second-order valence-electron chi connectivity index (χ2n) is 6.09. The van der Waals surface area contributed by atoms with E-state index in [1.165, 1.54) is 16.4 Å². The smallest absolute Gasteiger partial charge is 0.243 e. The molecule has 0 bridgehead atoms. The summed E-state index contributed by atoms with van der Waals surface area (Å²) in [5.41, 5.74) is 6.74. The van der Waals surface area contributed by atoms with Crippen LogP contribution in [0.4, 0.5) is 5.69 Å². The highest BCUT2D eigenvalue weighted by Gasteiger charge is 2.38. The van der Waals surface area contributed by atoms with Gasteiger partial charge in [-0.1, -0.05) is 44.2 Å². The summed E-state index contributed by atoms with van der Waals surface area (Å²) in [5.74, 6) is -0.620. The van der Waals surface area contributed by atoms with Gasteiger partial charge in [0, 0.05) is 24.2 Å². The van der Waals surface area contributed by atoms with E-state index in [2.05, 4.69) is 10.9 Å². The number of rotatable bonds is 7. The number of hydrogen-bond donors (Lipinski definition) is 2. The molecule has 142 valence electrons. The first-order valence-corrected chi connectivity index (χ1v) is 10.1. The van der Waals surface area contributed by atoms with Crippen LogP contribution in [0.2, 0.25) is 0 Å². The first kappa shape index (κ1) is 19.2. The fraction of sp³-hybridized carbons (Fsp3) is 0.263. The number of anilines is 1. The Labute approximate surface area is 158 Å². The predicted molar refractivity (Wildman–Crippen MR) is 102 cm³/mol. The number of benzene rings is 2. The molecule has 2 N–H and O–H groups in total. The summed E-state index contributed by atoms with van der Waals surface area (Å²) in [6.45, 7) is 4.30. The van der Waals surface area contributed by atoms with Gasteiger partial charge in [-0.25, -0.2) is 13.8 Å². The van der Waals surface area contributed by atoms with E-state index in [0.717, 1.165) is 0 Å². The fourth-order valence-corrected chi connectivity index (χ4v) is 4.58. The van der Waals surface area contributed by atoms with Gasteiger partial charge in [0.2, 0.25) is 10.0 Å². The van der Waals surface area contributed by atoms with Crippen LogP contribution in [0.3, 0.4) is 0 Å². The highest BCUT2D eigenvalue weighted by atomic mass is 32.2. The lowest BCUT2D eigenvalue weighted by molar-refractivity contribution is 0.0874. The van der Waals surface area contributed by atoms with Gasteiger partial charge in [0.05, 0.1) is 10.6 Å². The van der Waals surface area contributed by atoms with Crippen LogP contribution in [0.1, 0.15) is 34.6 Å². The van der Waals surface area contributed by atoms with Crippen molar-refractivity contribution in [2.45, 2.75) is 24.8 Å². The third-order valence-corrected chi connectivity index (χ3v) is 6.57. The maximum atomic E-state index is 12.6. The molecular formula is C19H21N3O4S. The monoisotopic (exact) mass is 387 g/mol. The molecular weight excluding hydrogens is 366 g/mol. The third kappa shape index (κ3) is 3.51. The first-order valence-electron chi connectivity index (χ1n) is 8.69. The minimum atomic E-state index is -3.59. The average Bonchev–Trinajstić information content (AvgIpc) is 2.92. The molecule has 3 rings (SSSR count). The van der Waals surface area contributed by atoms with Crippen molar-refractivity contribution in [1.82, 2.24) is 9.73 Å². The molecule has 0 spiro atoms. The maximum Gasteiger partial charge on any atom is 0.243 e. The quantitative estimate of drug-likeness (QED) is 0.558. The molecule has 0 unspecified atom stereocenters. The molecule has 8 heteroatoms. The van der Waals surface area contributed by atoms with E-state index in [1.54, 1.807) is 50.2 Å². The average molecular weight is 387 g/mol. The molecule has 0 fully saturated rings. The van der Waals surface area contributed by atoms with Crippen molar-refractivity contribution in [3.05, 3.63) is 59.7 Å². The van der Waals surface area contributed by atoms with Gasteiger partial charge in [0.1, 0.15) is 0 Å². The lowest BCUT2D eigenvalue weighted by Crippen LogP contribution is -2.42. The second kappa shape index (κ2) is 7.59. The molecule has 0 heterocycles. The van der Waals surface area contributed by atoms with E-state index < -0.39 is 16.1 Å². The number of carbonyl (C=O) groups excluding carboxylic acids is 2. The van der Waals surface area contributed by atoms with Crippen LogP contribution in [0.15, 0.2) is 53.4 Å². The number of nitrogens with one attached hydrogen (secondary N) is 2. The number of ketones is 2. The SMILES string of the molecule is CCN(CC)S(=O)(=O)c1cccc(NNC2C(=O)c3ccccc3C2=O)c1. The molecule has 1 aliphatic rings. The van der Waals surface area contributed by atoms with Crippen molar-refractivity contribution in [3.63, 3.8) is 0 Å². The molecule has 0 aliphatic heterocycles. The topological polar surface area (TPSA) is 95.6 Å². The Morgan fingerprint density at radius 2 is 1.52 bits per heavy atom. The summed E-state index contributed by atoms with van der Waals surface area (Å²) >= 11 is 0. The summed E-state index contributed by atoms with van der Waals surface area (Å²) < 4.78 is 26.6. The number of Topliss-reactive ketones (excluding diaryl/α,β-unsaturated/α-hetero) is 2. The van der Waals surface area contributed by atoms with Gasteiger partial charge >= 0.3 is 0 Å². The molecule has 0 radical (unpaired) electrons. The molecule has 0 saturated carbocycles. The van der Waals surface area contributed by atoms with Gasteiger partial charge < -0.3 is 5.43 Å². The highest BCUT2D eigenvalue weighted by molar-refractivity contribution is 7.89. The van der Waals surface area contributed by atoms with Crippen molar-refractivity contribution < 1.29 is 18.0 Å². The van der Waals surface area contributed by atoms with Crippen molar-refractivity contribution >= 4 is 27.3 Å². The Bertz CT molecular complexity index is 949. The number of carbonyl (C=O) groups is 2. The van der Waals surface area contributed by atoms with E-state index in [1.807, 2.05) is 0 Å². The van der Waals surface area contributed by atoms with Crippen LogP contribution < -0.4 is 10.9 Å². The van der Waals surface area contributed by atoms with Crippen LogP contribution in [-0.4, -0.2) is 43.4 Å². The highest BCUT2D eigenvalue weighted by Crippen LogP contribution is 2.23. The van der Waals surface area contributed by atoms with Crippen molar-refractivity contribution in [3.8, 4) is 0 Å². The number of hydrazine groups is 1. The molecule has 0 atom stereocenters. The van der Waals surface area contributed by atoms with Crippen LogP contribution in [0.5, 0.6) is 0 Å². The van der Waals surface area contributed by atoms with Crippen LogP contribution >= 0.6 is 0 Å².